The Kier molecular flexibility index (Phi) is 11.1. The average molecular weight is 536 g/mol. The monoisotopic (exact) mass is 535 g/mol. The van der Waals surface area contributed by atoms with E-state index in [1.54, 1.807) is 5.57 Å². The molecule has 0 radical (unpaired) electrons. The molecule has 3 saturated carbocycles. The molecule has 4 rings (SSSR count). The van der Waals surface area contributed by atoms with Gasteiger partial charge in [0.1, 0.15) is 6.10 Å². The van der Waals surface area contributed by atoms with Gasteiger partial charge in [-0.1, -0.05) is 72.0 Å². The smallest absolute Gasteiger partial charge is 0.306 e. The maximum absolute atomic E-state index is 12.4. The zero-order valence-corrected chi connectivity index (χ0v) is 25.6. The number of ether oxygens (including phenoxy) is 1. The third-order valence-corrected chi connectivity index (χ3v) is 11.6. The summed E-state index contributed by atoms with van der Waals surface area (Å²) >= 11 is 0. The van der Waals surface area contributed by atoms with Crippen molar-refractivity contribution in [1.82, 2.24) is 0 Å². The molecule has 37 heavy (non-hydrogen) atoms. The van der Waals surface area contributed by atoms with E-state index in [2.05, 4.69) is 40.7 Å². The number of nitrogens with two attached hydrogens (primary N) is 1. The summed E-state index contributed by atoms with van der Waals surface area (Å²) in [5.41, 5.74) is 8.08. The fraction of sp³-hybridized carbons (Fsp3) is 0.909. The van der Waals surface area contributed by atoms with Gasteiger partial charge >= 0.3 is 5.97 Å². The van der Waals surface area contributed by atoms with E-state index in [0.29, 0.717) is 23.8 Å². The summed E-state index contributed by atoms with van der Waals surface area (Å²) in [6, 6.07) is 0. The van der Waals surface area contributed by atoms with E-state index in [9.17, 15) is 4.79 Å². The summed E-state index contributed by atoms with van der Waals surface area (Å²) in [5.74, 6) is 5.25. The number of hydrogen-bond acceptors (Lipinski definition) is 3. The van der Waals surface area contributed by atoms with Crippen LogP contribution in [0.5, 0.6) is 0 Å². The number of carbonyl (C=O) groups excluding carboxylic acids is 1. The Morgan fingerprint density at radius 3 is 2.51 bits per heavy atom. The highest BCUT2D eigenvalue weighted by Crippen LogP contribution is 2.67. The van der Waals surface area contributed by atoms with Gasteiger partial charge in [0.05, 0.1) is 0 Å². The lowest BCUT2D eigenvalue weighted by Crippen LogP contribution is -2.51. The number of esters is 1. The second-order valence-corrected chi connectivity index (χ2v) is 14.2. The fourth-order valence-electron chi connectivity index (χ4n) is 9.59. The van der Waals surface area contributed by atoms with Crippen LogP contribution in [0.2, 0.25) is 0 Å². The van der Waals surface area contributed by atoms with Gasteiger partial charge in [-0.05, 0) is 111 Å². The lowest BCUT2D eigenvalue weighted by atomic mass is 9.47. The topological polar surface area (TPSA) is 52.3 Å². The van der Waals surface area contributed by atoms with Gasteiger partial charge in [0, 0.05) is 12.8 Å². The summed E-state index contributed by atoms with van der Waals surface area (Å²) in [7, 11) is 0. The summed E-state index contributed by atoms with van der Waals surface area (Å²) in [5, 5.41) is 0. The first-order valence-electron chi connectivity index (χ1n) is 15.8. The molecule has 0 bridgehead atoms. The minimum atomic E-state index is 0. The van der Waals surface area contributed by atoms with Crippen molar-refractivity contribution in [3.05, 3.63) is 11.6 Å². The molecule has 214 valence electrons. The molecule has 0 spiro atoms. The van der Waals surface area contributed by atoms with Crippen LogP contribution in [0.4, 0.5) is 0 Å². The van der Waals surface area contributed by atoms with Gasteiger partial charge in [-0.2, -0.15) is 0 Å². The predicted octanol–water partition coefficient (Wildman–Crippen LogP) is 8.88. The molecule has 0 amide bonds. The maximum atomic E-state index is 12.4. The Hall–Kier alpha value is -0.540. The molecule has 0 heterocycles. The Morgan fingerprint density at radius 1 is 1.00 bits per heavy atom. The normalized spacial score (nSPS) is 37.6. The van der Waals surface area contributed by atoms with Crippen LogP contribution in [-0.2, 0) is 9.53 Å². The zero-order chi connectivity index (χ0) is 25.9. The number of unbranched alkanes of at least 4 members (excludes halogenated alkanes) is 2. The van der Waals surface area contributed by atoms with Crippen molar-refractivity contribution in [3.63, 3.8) is 0 Å². The minimum Gasteiger partial charge on any atom is -0.462 e. The van der Waals surface area contributed by atoms with E-state index < -0.39 is 0 Å². The lowest BCUT2D eigenvalue weighted by molar-refractivity contribution is -0.151. The quantitative estimate of drug-likeness (QED) is 0.163. The summed E-state index contributed by atoms with van der Waals surface area (Å²) in [6.45, 7) is 13.3. The molecule has 2 N–H and O–H groups in total. The number of allylic oxidation sites excluding steroid dienone is 1. The van der Waals surface area contributed by atoms with Crippen LogP contribution in [0.1, 0.15) is 131 Å². The van der Waals surface area contributed by atoms with Crippen LogP contribution in [0.15, 0.2) is 11.6 Å². The van der Waals surface area contributed by atoms with E-state index in [1.807, 2.05) is 0 Å². The molecule has 4 aliphatic carbocycles. The van der Waals surface area contributed by atoms with Gasteiger partial charge in [0.2, 0.25) is 0 Å². The van der Waals surface area contributed by atoms with Crippen molar-refractivity contribution in [2.24, 2.45) is 52.1 Å². The van der Waals surface area contributed by atoms with Crippen LogP contribution in [-0.4, -0.2) is 18.6 Å². The molecule has 4 aliphatic rings. The zero-order valence-electron chi connectivity index (χ0n) is 24.7. The Balaban J connectivity index is 0.00000380. The number of hydrogen-bond donors (Lipinski definition) is 1. The minimum absolute atomic E-state index is 0. The molecule has 4 unspecified atom stereocenters. The van der Waals surface area contributed by atoms with E-state index in [1.165, 1.54) is 57.8 Å². The second kappa shape index (κ2) is 13.2. The summed E-state index contributed by atoms with van der Waals surface area (Å²) < 4.78 is 5.96. The third kappa shape index (κ3) is 6.62. The van der Waals surface area contributed by atoms with Crippen molar-refractivity contribution < 1.29 is 9.53 Å². The van der Waals surface area contributed by atoms with Gasteiger partial charge in [0.15, 0.2) is 0 Å². The van der Waals surface area contributed by atoms with Crippen molar-refractivity contribution in [3.8, 4) is 0 Å². The highest BCUT2D eigenvalue weighted by atomic mass is 35.5. The molecule has 3 fully saturated rings. The van der Waals surface area contributed by atoms with E-state index >= 15 is 0 Å². The second-order valence-electron chi connectivity index (χ2n) is 14.2. The van der Waals surface area contributed by atoms with E-state index in [-0.39, 0.29) is 24.5 Å². The number of halogens is 1. The lowest BCUT2D eigenvalue weighted by Gasteiger charge is -2.58. The predicted molar refractivity (Wildman–Crippen MR) is 158 cm³/mol. The maximum Gasteiger partial charge on any atom is 0.306 e. The molecule has 4 heteroatoms. The molecule has 0 aromatic heterocycles. The Morgan fingerprint density at radius 2 is 1.78 bits per heavy atom. The standard InChI is InChI=1S/C33H57NO2.ClH/c1-23(2)10-9-11-24(3)28-15-16-29-27-14-13-25-22-26(36-31(35)12-7-6-8-21-34)17-19-32(25,4)30(27)18-20-33(28,29)5;/h13,23-24,26-30H,6-12,14-22,34H2,1-5H3;1H/t24-,26?,27?,28-,29?,30?,32+,33-;/m1./s1. The summed E-state index contributed by atoms with van der Waals surface area (Å²) in [6.07, 6.45) is 20.7. The molecule has 0 aliphatic heterocycles. The van der Waals surface area contributed by atoms with Gasteiger partial charge in [0.25, 0.3) is 0 Å². The SMILES string of the molecule is CC(C)CCC[C@@H](C)[C@H]1CCC2C3CC=C4CC(OC(=O)CCCCCN)CC[C@]4(C)C3CC[C@@]21C.Cl. The first-order valence-corrected chi connectivity index (χ1v) is 15.8. The Bertz CT molecular complexity index is 780. The molecule has 8 atom stereocenters. The van der Waals surface area contributed by atoms with Gasteiger partial charge in [-0.3, -0.25) is 4.79 Å². The number of fused-ring (bicyclic) bond motifs is 5. The van der Waals surface area contributed by atoms with Crippen LogP contribution >= 0.6 is 12.4 Å². The molecular weight excluding hydrogens is 478 g/mol. The first-order chi connectivity index (χ1) is 17.2. The van der Waals surface area contributed by atoms with E-state index in [0.717, 1.165) is 67.6 Å². The van der Waals surface area contributed by atoms with Gasteiger partial charge < -0.3 is 10.5 Å². The molecular formula is C33H58ClNO2. The molecule has 3 nitrogen and oxygen atoms in total. The number of rotatable bonds is 11. The Labute approximate surface area is 234 Å². The average Bonchev–Trinajstić information content (AvgIpc) is 3.19. The van der Waals surface area contributed by atoms with Crippen molar-refractivity contribution in [2.75, 3.05) is 6.54 Å². The van der Waals surface area contributed by atoms with Crippen LogP contribution in [0.25, 0.3) is 0 Å². The van der Waals surface area contributed by atoms with Gasteiger partial charge in [-0.25, -0.2) is 0 Å². The highest BCUT2D eigenvalue weighted by molar-refractivity contribution is 5.85. The molecule has 0 saturated heterocycles. The molecule has 0 aromatic rings. The third-order valence-electron chi connectivity index (χ3n) is 11.6. The first kappa shape index (κ1) is 31.0. The van der Waals surface area contributed by atoms with Crippen molar-refractivity contribution >= 4 is 18.4 Å². The van der Waals surface area contributed by atoms with Gasteiger partial charge in [-0.15, -0.1) is 12.4 Å². The highest BCUT2D eigenvalue weighted by Gasteiger charge is 2.59. The molecule has 0 aromatic carbocycles. The van der Waals surface area contributed by atoms with Crippen LogP contribution in [0.3, 0.4) is 0 Å². The van der Waals surface area contributed by atoms with Crippen LogP contribution < -0.4 is 5.73 Å². The van der Waals surface area contributed by atoms with Crippen LogP contribution in [0, 0.1) is 46.3 Å². The van der Waals surface area contributed by atoms with Crippen molar-refractivity contribution in [1.29, 1.82) is 0 Å². The van der Waals surface area contributed by atoms with E-state index in [4.69, 9.17) is 10.5 Å². The van der Waals surface area contributed by atoms with Crippen molar-refractivity contribution in [2.45, 2.75) is 137 Å². The summed E-state index contributed by atoms with van der Waals surface area (Å²) in [4.78, 5) is 12.4. The largest absolute Gasteiger partial charge is 0.462 e. The number of carbonyl (C=O) groups is 1. The fourth-order valence-corrected chi connectivity index (χ4v) is 9.59.